The van der Waals surface area contributed by atoms with Crippen molar-refractivity contribution in [2.75, 3.05) is 12.5 Å². The fraction of sp³-hybridized carbons (Fsp3) is 0.286. The Morgan fingerprint density at radius 2 is 2.21 bits per heavy atom. The molecule has 7 heteroatoms. The molecule has 0 aromatic carbocycles. The molecule has 0 fully saturated rings. The molecule has 2 aliphatic heterocycles. The number of hydrazine groups is 2. The van der Waals surface area contributed by atoms with E-state index in [1.807, 2.05) is 18.6 Å². The van der Waals surface area contributed by atoms with Crippen molar-refractivity contribution in [1.29, 1.82) is 0 Å². The summed E-state index contributed by atoms with van der Waals surface area (Å²) in [6.07, 6.45) is 7.43. The summed E-state index contributed by atoms with van der Waals surface area (Å²) in [5.74, 6) is 0. The Hall–Kier alpha value is -0.630. The lowest BCUT2D eigenvalue weighted by Crippen LogP contribution is -2.42. The minimum atomic E-state index is 0.819. The van der Waals surface area contributed by atoms with Gasteiger partial charge in [0.05, 0.1) is 11.9 Å². The predicted molar refractivity (Wildman–Crippen MR) is 59.2 cm³/mol. The zero-order chi connectivity index (χ0) is 10.1. The summed E-state index contributed by atoms with van der Waals surface area (Å²) < 4.78 is 0. The van der Waals surface area contributed by atoms with Crippen LogP contribution in [0.2, 0.25) is 0 Å². The van der Waals surface area contributed by atoms with Crippen LogP contribution in [0.5, 0.6) is 0 Å². The van der Waals surface area contributed by atoms with Crippen molar-refractivity contribution >= 4 is 28.7 Å². The second-order valence-electron chi connectivity index (χ2n) is 2.62. The molecule has 0 spiro atoms. The van der Waals surface area contributed by atoms with Crippen molar-refractivity contribution in [2.24, 2.45) is 4.99 Å². The van der Waals surface area contributed by atoms with E-state index >= 15 is 0 Å². The lowest BCUT2D eigenvalue weighted by molar-refractivity contribution is -0.106. The Morgan fingerprint density at radius 3 is 2.86 bits per heavy atom. The number of aliphatic imine (C=N–C) groups is 1. The first-order valence-electron chi connectivity index (χ1n) is 3.89. The van der Waals surface area contributed by atoms with Gasteiger partial charge in [-0.25, -0.2) is 10.0 Å². The highest BCUT2D eigenvalue weighted by molar-refractivity contribution is 8.13. The molecule has 0 bridgehead atoms. The first-order valence-corrected chi connectivity index (χ1v) is 6.34. The lowest BCUT2D eigenvalue weighted by atomic mass is 10.4. The summed E-state index contributed by atoms with van der Waals surface area (Å²) >= 11 is 3.10. The van der Waals surface area contributed by atoms with E-state index < -0.39 is 0 Å². The zero-order valence-corrected chi connectivity index (χ0v) is 9.39. The molecule has 0 radical (unpaired) electrons. The third-order valence-electron chi connectivity index (χ3n) is 1.78. The Labute approximate surface area is 90.4 Å². The Kier molecular flexibility index (Phi) is 2.73. The van der Waals surface area contributed by atoms with E-state index in [4.69, 9.17) is 0 Å². The Morgan fingerprint density at radius 1 is 1.43 bits per heavy atom. The minimum Gasteiger partial charge on any atom is -0.272 e. The van der Waals surface area contributed by atoms with Crippen molar-refractivity contribution in [3.05, 3.63) is 23.0 Å². The van der Waals surface area contributed by atoms with E-state index in [2.05, 4.69) is 10.5 Å². The zero-order valence-electron chi connectivity index (χ0n) is 7.76. The molecule has 0 atom stereocenters. The summed E-state index contributed by atoms with van der Waals surface area (Å²) in [7, 11) is 0. The number of nitrogens with zero attached hydrogens (tertiary/aromatic N) is 3. The van der Waals surface area contributed by atoms with E-state index in [1.54, 1.807) is 23.0 Å². The summed E-state index contributed by atoms with van der Waals surface area (Å²) in [5, 5.41) is 13.6. The molecule has 0 aromatic rings. The van der Waals surface area contributed by atoms with Gasteiger partial charge in [0.1, 0.15) is 5.03 Å². The summed E-state index contributed by atoms with van der Waals surface area (Å²) in [6.45, 7) is 0. The largest absolute Gasteiger partial charge is 0.272 e. The minimum absolute atomic E-state index is 0.819. The third-order valence-corrected chi connectivity index (χ3v) is 3.04. The average Bonchev–Trinajstić information content (AvgIpc) is 2.56. The van der Waals surface area contributed by atoms with E-state index in [1.165, 1.54) is 11.8 Å². The van der Waals surface area contributed by atoms with Gasteiger partial charge < -0.3 is 0 Å². The summed E-state index contributed by atoms with van der Waals surface area (Å²) in [5.41, 5.74) is 3.61. The number of fused-ring (bicyclic) bond motifs is 1. The topological polar surface area (TPSA) is 51.1 Å². The maximum absolute atomic E-state index is 9.24. The molecule has 5 nitrogen and oxygen atoms in total. The molecule has 0 aliphatic carbocycles. The first-order chi connectivity index (χ1) is 6.74. The second-order valence-corrected chi connectivity index (χ2v) is 4.22. The van der Waals surface area contributed by atoms with Gasteiger partial charge in [-0.1, -0.05) is 11.8 Å². The predicted octanol–water partition coefficient (Wildman–Crippen LogP) is 1.19. The third kappa shape index (κ3) is 1.63. The Bertz CT molecular complexity index is 339. The molecule has 14 heavy (non-hydrogen) atoms. The number of amidine groups is 1. The highest BCUT2D eigenvalue weighted by Crippen LogP contribution is 2.28. The van der Waals surface area contributed by atoms with Crippen molar-refractivity contribution in [3.63, 3.8) is 0 Å². The van der Waals surface area contributed by atoms with Crippen molar-refractivity contribution in [3.8, 4) is 0 Å². The van der Waals surface area contributed by atoms with Gasteiger partial charge in [-0.05, 0) is 18.6 Å². The van der Waals surface area contributed by atoms with Gasteiger partial charge in [-0.3, -0.25) is 5.21 Å². The molecular weight excluding hydrogens is 220 g/mol. The van der Waals surface area contributed by atoms with E-state index in [0.717, 1.165) is 21.1 Å². The molecule has 0 amide bonds. The number of hydrogen-bond donors (Lipinski definition) is 2. The van der Waals surface area contributed by atoms with Crippen LogP contribution in [0.4, 0.5) is 0 Å². The highest BCUT2D eigenvalue weighted by Gasteiger charge is 2.26. The van der Waals surface area contributed by atoms with Gasteiger partial charge in [0.15, 0.2) is 5.17 Å². The van der Waals surface area contributed by atoms with E-state index in [9.17, 15) is 5.21 Å². The fourth-order valence-corrected chi connectivity index (χ4v) is 2.16. The van der Waals surface area contributed by atoms with Crippen molar-refractivity contribution in [2.45, 2.75) is 0 Å². The Balaban J connectivity index is 2.33. The van der Waals surface area contributed by atoms with Gasteiger partial charge in [0.25, 0.3) is 0 Å². The van der Waals surface area contributed by atoms with Gasteiger partial charge in [0, 0.05) is 0 Å². The molecule has 2 rings (SSSR count). The van der Waals surface area contributed by atoms with Crippen molar-refractivity contribution < 1.29 is 5.21 Å². The van der Waals surface area contributed by atoms with Crippen LogP contribution >= 0.6 is 23.5 Å². The highest BCUT2D eigenvalue weighted by atomic mass is 32.2. The average molecular weight is 230 g/mol. The van der Waals surface area contributed by atoms with Crippen molar-refractivity contribution in [1.82, 2.24) is 15.7 Å². The molecule has 76 valence electrons. The molecule has 0 aromatic heterocycles. The van der Waals surface area contributed by atoms with Gasteiger partial charge in [0.2, 0.25) is 0 Å². The summed E-state index contributed by atoms with van der Waals surface area (Å²) in [6, 6.07) is 0. The molecule has 0 unspecified atom stereocenters. The molecule has 2 heterocycles. The van der Waals surface area contributed by atoms with Crippen LogP contribution in [-0.4, -0.2) is 33.1 Å². The molecular formula is C7H10N4OS2. The van der Waals surface area contributed by atoms with Crippen LogP contribution in [0, 0.1) is 0 Å². The standard InChI is InChI=1S/C7H10N4OS2/c1-13-6-3-5-4-10(12)9-11(5)7(8-6)14-2/h3-4,9,12H,1-2H3. The van der Waals surface area contributed by atoms with Crippen LogP contribution in [0.3, 0.4) is 0 Å². The number of allylic oxidation sites excluding steroid dienone is 1. The lowest BCUT2D eigenvalue weighted by Gasteiger charge is -2.24. The monoisotopic (exact) mass is 230 g/mol. The SMILES string of the molecule is CSC1=CC2=CN(O)NN2C(SC)=N1. The first kappa shape index (κ1) is 9.91. The molecule has 2 N–H and O–H groups in total. The summed E-state index contributed by atoms with van der Waals surface area (Å²) in [4.78, 5) is 4.38. The van der Waals surface area contributed by atoms with Gasteiger partial charge in [-0.2, -0.15) is 5.17 Å². The number of nitrogens with one attached hydrogen (secondary N) is 1. The smallest absolute Gasteiger partial charge is 0.185 e. The number of thioether (sulfide) groups is 2. The number of hydroxylamine groups is 1. The normalized spacial score (nSPS) is 20.4. The van der Waals surface area contributed by atoms with Crippen LogP contribution < -0.4 is 5.53 Å². The second kappa shape index (κ2) is 3.85. The molecule has 0 saturated carbocycles. The number of hydrogen-bond acceptors (Lipinski definition) is 7. The quantitative estimate of drug-likeness (QED) is 0.706. The maximum Gasteiger partial charge on any atom is 0.185 e. The van der Waals surface area contributed by atoms with Gasteiger partial charge >= 0.3 is 0 Å². The van der Waals surface area contributed by atoms with Crippen LogP contribution in [0.25, 0.3) is 0 Å². The number of rotatable bonds is 1. The van der Waals surface area contributed by atoms with Crippen LogP contribution in [-0.2, 0) is 0 Å². The van der Waals surface area contributed by atoms with E-state index in [0.29, 0.717) is 0 Å². The van der Waals surface area contributed by atoms with Crippen LogP contribution in [0.15, 0.2) is 28.0 Å². The van der Waals surface area contributed by atoms with Crippen LogP contribution in [0.1, 0.15) is 0 Å². The maximum atomic E-state index is 9.24. The fourth-order valence-electron chi connectivity index (χ4n) is 1.17. The molecule has 2 aliphatic rings. The molecule has 0 saturated heterocycles. The van der Waals surface area contributed by atoms with E-state index in [-0.39, 0.29) is 0 Å². The van der Waals surface area contributed by atoms with Gasteiger partial charge in [-0.15, -0.1) is 17.3 Å².